The van der Waals surface area contributed by atoms with Crippen LogP contribution < -0.4 is 15.5 Å². The lowest BCUT2D eigenvalue weighted by Crippen LogP contribution is -2.49. The van der Waals surface area contributed by atoms with Crippen LogP contribution in [0.15, 0.2) is 35.7 Å². The number of aliphatic imine (C=N–C) groups is 1. The Bertz CT molecular complexity index is 689. The fraction of sp³-hybridized carbons (Fsp3) is 0.529. The van der Waals surface area contributed by atoms with Crippen LogP contribution >= 0.6 is 0 Å². The molecule has 9 heteroatoms. The minimum Gasteiger partial charge on any atom is -0.355 e. The van der Waals surface area contributed by atoms with E-state index in [-0.39, 0.29) is 0 Å². The van der Waals surface area contributed by atoms with E-state index < -0.39 is 0 Å². The fourth-order valence-corrected chi connectivity index (χ4v) is 2.93. The number of nitrogens with zero attached hydrogens (tertiary/aromatic N) is 7. The first-order valence-electron chi connectivity index (χ1n) is 8.92. The minimum absolute atomic E-state index is 0.700. The smallest absolute Gasteiger partial charge is 0.225 e. The molecule has 26 heavy (non-hydrogen) atoms. The molecule has 0 unspecified atom stereocenters. The quantitative estimate of drug-likeness (QED) is 0.542. The molecule has 2 N–H and O–H groups in total. The molecule has 1 aliphatic rings. The highest BCUT2D eigenvalue weighted by atomic mass is 15.3. The van der Waals surface area contributed by atoms with Crippen LogP contribution in [-0.4, -0.2) is 76.9 Å². The second-order valence-electron chi connectivity index (χ2n) is 6.18. The summed E-state index contributed by atoms with van der Waals surface area (Å²) in [5.74, 6) is 1.63. The van der Waals surface area contributed by atoms with E-state index in [2.05, 4.69) is 40.5 Å². The summed E-state index contributed by atoms with van der Waals surface area (Å²) in [7, 11) is 3.73. The molecule has 0 bridgehead atoms. The lowest BCUT2D eigenvalue weighted by atomic mass is 10.3. The van der Waals surface area contributed by atoms with Crippen LogP contribution in [-0.2, 0) is 13.6 Å². The van der Waals surface area contributed by atoms with Crippen LogP contribution in [0.25, 0.3) is 0 Å². The summed E-state index contributed by atoms with van der Waals surface area (Å²) < 4.78 is 1.86. The Morgan fingerprint density at radius 1 is 1.12 bits per heavy atom. The van der Waals surface area contributed by atoms with Gasteiger partial charge in [-0.25, -0.2) is 9.97 Å². The molecule has 1 fully saturated rings. The summed E-state index contributed by atoms with van der Waals surface area (Å²) in [6, 6.07) is 3.84. The minimum atomic E-state index is 0.700. The van der Waals surface area contributed by atoms with Crippen molar-refractivity contribution in [3.8, 4) is 0 Å². The van der Waals surface area contributed by atoms with Crippen LogP contribution in [0.5, 0.6) is 0 Å². The number of aryl methyl sites for hydroxylation is 1. The number of anilines is 1. The molecule has 0 aromatic carbocycles. The number of piperazine rings is 1. The molecule has 0 spiro atoms. The molecule has 140 valence electrons. The molecule has 3 rings (SSSR count). The number of nitrogens with one attached hydrogen (secondary N) is 2. The Kier molecular flexibility index (Phi) is 6.37. The predicted molar refractivity (Wildman–Crippen MR) is 102 cm³/mol. The summed E-state index contributed by atoms with van der Waals surface area (Å²) in [4.78, 5) is 17.6. The third kappa shape index (κ3) is 4.92. The third-order valence-corrected chi connectivity index (χ3v) is 4.51. The van der Waals surface area contributed by atoms with Gasteiger partial charge in [-0.1, -0.05) is 0 Å². The van der Waals surface area contributed by atoms with Gasteiger partial charge >= 0.3 is 0 Å². The SMILES string of the molecule is CN=C(NCCN1CCN(c2ncccn2)CC1)NCc1ccnn1C. The van der Waals surface area contributed by atoms with Gasteiger partial charge in [-0.15, -0.1) is 0 Å². The number of aromatic nitrogens is 4. The van der Waals surface area contributed by atoms with Crippen molar-refractivity contribution in [2.24, 2.45) is 12.0 Å². The molecule has 0 saturated carbocycles. The first-order valence-corrected chi connectivity index (χ1v) is 8.92. The van der Waals surface area contributed by atoms with E-state index in [1.54, 1.807) is 25.6 Å². The van der Waals surface area contributed by atoms with E-state index in [0.29, 0.717) is 6.54 Å². The predicted octanol–water partition coefficient (Wildman–Crippen LogP) is -0.303. The zero-order valence-electron chi connectivity index (χ0n) is 15.5. The van der Waals surface area contributed by atoms with E-state index in [9.17, 15) is 0 Å². The summed E-state index contributed by atoms with van der Waals surface area (Å²) >= 11 is 0. The van der Waals surface area contributed by atoms with Crippen molar-refractivity contribution < 1.29 is 0 Å². The first kappa shape index (κ1) is 18.1. The molecule has 1 aliphatic heterocycles. The Morgan fingerprint density at radius 3 is 2.54 bits per heavy atom. The van der Waals surface area contributed by atoms with Gasteiger partial charge in [0, 0.05) is 72.0 Å². The number of guanidine groups is 1. The third-order valence-electron chi connectivity index (χ3n) is 4.51. The monoisotopic (exact) mass is 357 g/mol. The van der Waals surface area contributed by atoms with Crippen molar-refractivity contribution in [3.63, 3.8) is 0 Å². The Labute approximate surface area is 154 Å². The molecule has 0 amide bonds. The highest BCUT2D eigenvalue weighted by molar-refractivity contribution is 5.79. The average molecular weight is 357 g/mol. The van der Waals surface area contributed by atoms with E-state index in [1.807, 2.05) is 23.9 Å². The Morgan fingerprint density at radius 2 is 1.88 bits per heavy atom. The van der Waals surface area contributed by atoms with E-state index in [0.717, 1.165) is 56.9 Å². The molecule has 2 aromatic heterocycles. The maximum atomic E-state index is 4.33. The highest BCUT2D eigenvalue weighted by Gasteiger charge is 2.18. The van der Waals surface area contributed by atoms with Crippen LogP contribution in [0.2, 0.25) is 0 Å². The Hall–Kier alpha value is -2.68. The molecule has 3 heterocycles. The molecule has 0 atom stereocenters. The van der Waals surface area contributed by atoms with E-state index in [1.165, 1.54) is 0 Å². The summed E-state index contributed by atoms with van der Waals surface area (Å²) in [5, 5.41) is 10.9. The normalized spacial score (nSPS) is 15.9. The topological polar surface area (TPSA) is 86.5 Å². The molecular weight excluding hydrogens is 330 g/mol. The molecule has 1 saturated heterocycles. The van der Waals surface area contributed by atoms with Crippen LogP contribution in [0.4, 0.5) is 5.95 Å². The highest BCUT2D eigenvalue weighted by Crippen LogP contribution is 2.09. The average Bonchev–Trinajstić information content (AvgIpc) is 3.10. The van der Waals surface area contributed by atoms with Gasteiger partial charge in [0.2, 0.25) is 5.95 Å². The zero-order valence-corrected chi connectivity index (χ0v) is 15.5. The van der Waals surface area contributed by atoms with Gasteiger partial charge in [0.15, 0.2) is 5.96 Å². The van der Waals surface area contributed by atoms with Crippen molar-refractivity contribution in [1.29, 1.82) is 0 Å². The lowest BCUT2D eigenvalue weighted by Gasteiger charge is -2.34. The van der Waals surface area contributed by atoms with E-state index >= 15 is 0 Å². The summed E-state index contributed by atoms with van der Waals surface area (Å²) in [6.45, 7) is 6.48. The van der Waals surface area contributed by atoms with Crippen molar-refractivity contribution in [2.75, 3.05) is 51.2 Å². The maximum absolute atomic E-state index is 4.33. The molecular formula is C17H27N9. The molecule has 9 nitrogen and oxygen atoms in total. The van der Waals surface area contributed by atoms with Gasteiger partial charge in [0.25, 0.3) is 0 Å². The van der Waals surface area contributed by atoms with Crippen LogP contribution in [0.3, 0.4) is 0 Å². The van der Waals surface area contributed by atoms with Crippen molar-refractivity contribution in [3.05, 3.63) is 36.4 Å². The van der Waals surface area contributed by atoms with Gasteiger partial charge < -0.3 is 15.5 Å². The van der Waals surface area contributed by atoms with Gasteiger partial charge in [-0.05, 0) is 12.1 Å². The fourth-order valence-electron chi connectivity index (χ4n) is 2.93. The zero-order chi connectivity index (χ0) is 18.2. The summed E-state index contributed by atoms with van der Waals surface area (Å²) in [6.07, 6.45) is 5.39. The number of hydrogen-bond acceptors (Lipinski definition) is 6. The summed E-state index contributed by atoms with van der Waals surface area (Å²) in [5.41, 5.74) is 1.12. The molecule has 2 aromatic rings. The van der Waals surface area contributed by atoms with Crippen molar-refractivity contribution in [1.82, 2.24) is 35.3 Å². The van der Waals surface area contributed by atoms with Gasteiger partial charge in [0.1, 0.15) is 0 Å². The van der Waals surface area contributed by atoms with Crippen LogP contribution in [0.1, 0.15) is 5.69 Å². The van der Waals surface area contributed by atoms with Crippen molar-refractivity contribution >= 4 is 11.9 Å². The lowest BCUT2D eigenvalue weighted by molar-refractivity contribution is 0.260. The van der Waals surface area contributed by atoms with E-state index in [4.69, 9.17) is 0 Å². The maximum Gasteiger partial charge on any atom is 0.225 e. The second-order valence-corrected chi connectivity index (χ2v) is 6.18. The Balaban J connectivity index is 1.35. The molecule has 0 aliphatic carbocycles. The van der Waals surface area contributed by atoms with Crippen molar-refractivity contribution in [2.45, 2.75) is 6.54 Å². The van der Waals surface area contributed by atoms with Gasteiger partial charge in [-0.2, -0.15) is 5.10 Å². The second kappa shape index (κ2) is 9.14. The first-order chi connectivity index (χ1) is 12.8. The number of rotatable bonds is 6. The largest absolute Gasteiger partial charge is 0.355 e. The number of hydrogen-bond donors (Lipinski definition) is 2. The molecule has 0 radical (unpaired) electrons. The van der Waals surface area contributed by atoms with Gasteiger partial charge in [0.05, 0.1) is 12.2 Å². The van der Waals surface area contributed by atoms with Crippen LogP contribution in [0, 0.1) is 0 Å². The van der Waals surface area contributed by atoms with Gasteiger partial charge in [-0.3, -0.25) is 14.6 Å². The standard InChI is InChI=1S/C17H27N9/c1-18-16(22-14-15-4-7-23-24(15)2)19-8-9-25-10-12-26(13-11-25)17-20-5-3-6-21-17/h3-7H,8-14H2,1-2H3,(H2,18,19,22).